The second kappa shape index (κ2) is 7.36. The summed E-state index contributed by atoms with van der Waals surface area (Å²) in [5.74, 6) is -0.593. The lowest BCUT2D eigenvalue weighted by Crippen LogP contribution is -2.44. The van der Waals surface area contributed by atoms with Gasteiger partial charge in [-0.25, -0.2) is 4.79 Å². The van der Waals surface area contributed by atoms with E-state index in [2.05, 4.69) is 5.43 Å². The number of rotatable bonds is 3. The monoisotopic (exact) mass is 423 g/mol. The molecule has 2 aromatic rings. The van der Waals surface area contributed by atoms with Crippen molar-refractivity contribution in [1.29, 1.82) is 0 Å². The van der Waals surface area contributed by atoms with Crippen LogP contribution in [0.2, 0.25) is 0 Å². The fraction of sp³-hybridized carbons (Fsp3) is 0.318. The van der Waals surface area contributed by atoms with E-state index in [0.717, 1.165) is 5.56 Å². The molecule has 1 aliphatic carbocycles. The van der Waals surface area contributed by atoms with Crippen LogP contribution >= 0.6 is 11.8 Å². The maximum atomic E-state index is 12.9. The van der Waals surface area contributed by atoms with Crippen LogP contribution in [-0.4, -0.2) is 16.9 Å². The fourth-order valence-corrected chi connectivity index (χ4v) is 5.43. The molecule has 30 heavy (non-hydrogen) atoms. The molecule has 1 aromatic carbocycles. The predicted octanol–water partition coefficient (Wildman–Crippen LogP) is 3.13. The first-order valence-corrected chi connectivity index (χ1v) is 10.9. The van der Waals surface area contributed by atoms with Crippen molar-refractivity contribution in [2.75, 3.05) is 0 Å². The third-order valence-electron chi connectivity index (χ3n) is 6.10. The number of nitrogens with zero attached hydrogens (tertiary/aromatic N) is 2. The van der Waals surface area contributed by atoms with Crippen LogP contribution in [0.25, 0.3) is 0 Å². The molecule has 154 valence electrons. The van der Waals surface area contributed by atoms with Crippen molar-refractivity contribution in [3.05, 3.63) is 82.3 Å². The van der Waals surface area contributed by atoms with Gasteiger partial charge in [0.05, 0.1) is 11.1 Å². The molecule has 7 nitrogen and oxygen atoms in total. The van der Waals surface area contributed by atoms with Crippen molar-refractivity contribution >= 4 is 23.6 Å². The molecule has 2 aliphatic heterocycles. The molecule has 1 amide bonds. The van der Waals surface area contributed by atoms with Crippen LogP contribution < -0.4 is 10.2 Å². The van der Waals surface area contributed by atoms with Crippen molar-refractivity contribution in [3.8, 4) is 0 Å². The van der Waals surface area contributed by atoms with E-state index in [9.17, 15) is 14.8 Å². The number of hydrazine groups is 1. The molecule has 0 saturated heterocycles. The van der Waals surface area contributed by atoms with Crippen LogP contribution in [0.5, 0.6) is 0 Å². The van der Waals surface area contributed by atoms with Crippen LogP contribution in [0.4, 0.5) is 0 Å². The van der Waals surface area contributed by atoms with E-state index in [-0.39, 0.29) is 17.2 Å². The first-order valence-electron chi connectivity index (χ1n) is 9.98. The zero-order valence-electron chi connectivity index (χ0n) is 16.2. The number of ether oxygens (including phenoxy) is 1. The van der Waals surface area contributed by atoms with Gasteiger partial charge in [0.25, 0.3) is 0 Å². The first kappa shape index (κ1) is 19.0. The molecular weight excluding hydrogens is 402 g/mol. The molecular formula is C22H21N3O4S. The van der Waals surface area contributed by atoms with Crippen LogP contribution in [0, 0.1) is 11.1 Å². The molecule has 1 saturated carbocycles. The highest BCUT2D eigenvalue weighted by Gasteiger charge is 2.50. The van der Waals surface area contributed by atoms with Gasteiger partial charge in [0.1, 0.15) is 11.0 Å². The minimum atomic E-state index is -0.785. The number of pyridine rings is 1. The zero-order chi connectivity index (χ0) is 20.7. The predicted molar refractivity (Wildman–Crippen MR) is 110 cm³/mol. The smallest absolute Gasteiger partial charge is 0.339 e. The Morgan fingerprint density at radius 1 is 1.23 bits per heavy atom. The molecule has 0 bridgehead atoms. The van der Waals surface area contributed by atoms with Crippen molar-refractivity contribution in [1.82, 2.24) is 10.4 Å². The van der Waals surface area contributed by atoms with Gasteiger partial charge >= 0.3 is 5.97 Å². The molecule has 1 unspecified atom stereocenters. The number of amides is 1. The molecule has 1 atom stereocenters. The van der Waals surface area contributed by atoms with E-state index in [1.807, 2.05) is 46.9 Å². The minimum Gasteiger partial charge on any atom is -0.619 e. The van der Waals surface area contributed by atoms with Gasteiger partial charge in [-0.05, 0) is 36.7 Å². The summed E-state index contributed by atoms with van der Waals surface area (Å²) in [6.07, 6.45) is 6.86. The van der Waals surface area contributed by atoms with Gasteiger partial charge in [-0.1, -0.05) is 30.3 Å². The highest BCUT2D eigenvalue weighted by atomic mass is 32.2. The summed E-state index contributed by atoms with van der Waals surface area (Å²) >= 11 is 1.64. The average molecular weight is 423 g/mol. The number of fused-ring (bicyclic) bond motifs is 2. The molecule has 1 N–H and O–H groups in total. The van der Waals surface area contributed by atoms with Gasteiger partial charge < -0.3 is 9.94 Å². The Balaban J connectivity index is 1.26. The highest BCUT2D eigenvalue weighted by molar-refractivity contribution is 8.02. The summed E-state index contributed by atoms with van der Waals surface area (Å²) in [6.45, 7) is 0. The topological polar surface area (TPSA) is 85.6 Å². The third kappa shape index (κ3) is 3.21. The van der Waals surface area contributed by atoms with Crippen LogP contribution in [0.1, 0.15) is 52.5 Å². The Morgan fingerprint density at radius 3 is 2.77 bits per heavy atom. The Labute approximate surface area is 178 Å². The number of hydrogen-bond donors (Lipinski definition) is 1. The summed E-state index contributed by atoms with van der Waals surface area (Å²) in [6, 6.07) is 11.5. The standard InChI is InChI=1S/C22H21N3O4S/c26-19(23-25-12-13-30-20(25)16-4-2-1-3-5-16)15-6-9-22(10-7-15)18-14-24(28)11-8-17(18)21(27)29-22/h1-5,8,11-15,20H,6-7,9-10H2,(H,23,26). The fourth-order valence-electron chi connectivity index (χ4n) is 4.51. The Kier molecular flexibility index (Phi) is 4.66. The van der Waals surface area contributed by atoms with E-state index in [0.29, 0.717) is 41.5 Å². The Bertz CT molecular complexity index is 1020. The van der Waals surface area contributed by atoms with Crippen molar-refractivity contribution in [2.24, 2.45) is 5.92 Å². The molecule has 3 heterocycles. The lowest BCUT2D eigenvalue weighted by atomic mass is 9.75. The van der Waals surface area contributed by atoms with Gasteiger partial charge in [-0.2, -0.15) is 4.73 Å². The van der Waals surface area contributed by atoms with E-state index < -0.39 is 11.6 Å². The third-order valence-corrected chi connectivity index (χ3v) is 7.14. The average Bonchev–Trinajstić information content (AvgIpc) is 3.32. The van der Waals surface area contributed by atoms with E-state index in [4.69, 9.17) is 4.74 Å². The second-order valence-corrected chi connectivity index (χ2v) is 8.85. The molecule has 1 spiro atoms. The molecule has 1 fully saturated rings. The maximum absolute atomic E-state index is 12.9. The maximum Gasteiger partial charge on any atom is 0.339 e. The van der Waals surface area contributed by atoms with Gasteiger partial charge in [0.2, 0.25) is 5.91 Å². The number of carbonyl (C=O) groups is 2. The lowest BCUT2D eigenvalue weighted by molar-refractivity contribution is -0.606. The normalized spacial score (nSPS) is 27.2. The number of aromatic nitrogens is 1. The molecule has 8 heteroatoms. The van der Waals surface area contributed by atoms with E-state index >= 15 is 0 Å². The van der Waals surface area contributed by atoms with Gasteiger partial charge in [-0.15, -0.1) is 11.8 Å². The number of nitrogens with one attached hydrogen (secondary N) is 1. The summed E-state index contributed by atoms with van der Waals surface area (Å²) < 4.78 is 6.40. The SMILES string of the molecule is O=C1OC2(CCC(C(=O)NN3C=CSC3c3ccccc3)CC2)c2c[n+]([O-])ccc21. The zero-order valence-corrected chi connectivity index (χ0v) is 17.0. The number of thioether (sulfide) groups is 1. The van der Waals surface area contributed by atoms with Crippen LogP contribution in [0.3, 0.4) is 0 Å². The quantitative estimate of drug-likeness (QED) is 0.464. The number of hydrogen-bond acceptors (Lipinski definition) is 6. The molecule has 5 rings (SSSR count). The Morgan fingerprint density at radius 2 is 2.00 bits per heavy atom. The second-order valence-electron chi connectivity index (χ2n) is 7.86. The van der Waals surface area contributed by atoms with E-state index in [1.54, 1.807) is 11.8 Å². The highest BCUT2D eigenvalue weighted by Crippen LogP contribution is 2.47. The molecule has 1 aromatic heterocycles. The Hall–Kier alpha value is -3.00. The first-order chi connectivity index (χ1) is 14.6. The number of esters is 1. The minimum absolute atomic E-state index is 0.0141. The molecule has 0 radical (unpaired) electrons. The van der Waals surface area contributed by atoms with Crippen molar-refractivity contribution in [3.63, 3.8) is 0 Å². The van der Waals surface area contributed by atoms with Gasteiger partial charge in [-0.3, -0.25) is 15.2 Å². The van der Waals surface area contributed by atoms with Crippen molar-refractivity contribution in [2.45, 2.75) is 36.7 Å². The summed E-state index contributed by atoms with van der Waals surface area (Å²) in [7, 11) is 0. The van der Waals surface area contributed by atoms with Crippen LogP contribution in [-0.2, 0) is 15.1 Å². The summed E-state index contributed by atoms with van der Waals surface area (Å²) in [5.41, 5.74) is 4.47. The molecule has 3 aliphatic rings. The largest absolute Gasteiger partial charge is 0.619 e. The van der Waals surface area contributed by atoms with Crippen molar-refractivity contribution < 1.29 is 19.1 Å². The number of benzene rings is 1. The number of carbonyl (C=O) groups excluding carboxylic acids is 2. The van der Waals surface area contributed by atoms with Gasteiger partial charge in [0.15, 0.2) is 12.4 Å². The summed E-state index contributed by atoms with van der Waals surface area (Å²) in [4.78, 5) is 25.2. The van der Waals surface area contributed by atoms with Gasteiger partial charge in [0, 0.05) is 18.2 Å². The lowest BCUT2D eigenvalue weighted by Gasteiger charge is -2.36. The summed E-state index contributed by atoms with van der Waals surface area (Å²) in [5, 5.41) is 15.6. The van der Waals surface area contributed by atoms with E-state index in [1.165, 1.54) is 18.5 Å². The van der Waals surface area contributed by atoms with Crippen LogP contribution in [0.15, 0.2) is 60.4 Å².